The lowest BCUT2D eigenvalue weighted by Gasteiger charge is -2.29. The zero-order valence-electron chi connectivity index (χ0n) is 17.2. The van der Waals surface area contributed by atoms with Gasteiger partial charge in [0.25, 0.3) is 0 Å². The van der Waals surface area contributed by atoms with Crippen molar-refractivity contribution in [3.63, 3.8) is 0 Å². The Bertz CT molecular complexity index is 957. The topological polar surface area (TPSA) is 75.7 Å². The standard InChI is InChI=1S/C21H28N2O4S/c1-14-10-11-15(2)20(12-14)16(3)22-21(24)17(4)23(28(6,25)26)18-8-7-9-19(13-18)27-5/h7-13,16-17H,1-6H3,(H,22,24). The highest BCUT2D eigenvalue weighted by Crippen LogP contribution is 2.26. The van der Waals surface area contributed by atoms with E-state index >= 15 is 0 Å². The zero-order valence-corrected chi connectivity index (χ0v) is 18.0. The van der Waals surface area contributed by atoms with E-state index in [2.05, 4.69) is 5.32 Å². The van der Waals surface area contributed by atoms with E-state index in [4.69, 9.17) is 4.74 Å². The normalized spacial score (nSPS) is 13.5. The van der Waals surface area contributed by atoms with Crippen LogP contribution < -0.4 is 14.4 Å². The third-order valence-corrected chi connectivity index (χ3v) is 5.90. The van der Waals surface area contributed by atoms with Crippen molar-refractivity contribution in [3.8, 4) is 5.75 Å². The summed E-state index contributed by atoms with van der Waals surface area (Å²) in [5, 5.41) is 2.94. The molecule has 0 aromatic heterocycles. The molecule has 0 aliphatic heterocycles. The molecule has 0 aliphatic rings. The number of carbonyl (C=O) groups is 1. The molecule has 2 aromatic carbocycles. The number of methoxy groups -OCH3 is 1. The number of carbonyl (C=O) groups excluding carboxylic acids is 1. The van der Waals surface area contributed by atoms with E-state index in [9.17, 15) is 13.2 Å². The van der Waals surface area contributed by atoms with Crippen molar-refractivity contribution in [3.05, 3.63) is 59.2 Å². The molecule has 6 nitrogen and oxygen atoms in total. The van der Waals surface area contributed by atoms with Crippen LogP contribution in [0.4, 0.5) is 5.69 Å². The van der Waals surface area contributed by atoms with Crippen LogP contribution in [0.5, 0.6) is 5.75 Å². The number of rotatable bonds is 7. The van der Waals surface area contributed by atoms with Crippen molar-refractivity contribution in [1.29, 1.82) is 0 Å². The lowest BCUT2D eigenvalue weighted by molar-refractivity contribution is -0.122. The Morgan fingerprint density at radius 2 is 1.79 bits per heavy atom. The van der Waals surface area contributed by atoms with E-state index in [0.29, 0.717) is 11.4 Å². The average Bonchev–Trinajstić information content (AvgIpc) is 2.62. The maximum absolute atomic E-state index is 12.9. The largest absolute Gasteiger partial charge is 0.497 e. The third-order valence-electron chi connectivity index (χ3n) is 4.66. The molecule has 0 heterocycles. The molecular formula is C21H28N2O4S. The zero-order chi connectivity index (χ0) is 21.1. The highest BCUT2D eigenvalue weighted by Gasteiger charge is 2.30. The third kappa shape index (κ3) is 5.04. The molecule has 2 rings (SSSR count). The van der Waals surface area contributed by atoms with E-state index in [0.717, 1.165) is 27.3 Å². The molecule has 0 aliphatic carbocycles. The van der Waals surface area contributed by atoms with Crippen molar-refractivity contribution in [2.24, 2.45) is 0 Å². The summed E-state index contributed by atoms with van der Waals surface area (Å²) in [5.41, 5.74) is 3.56. The minimum atomic E-state index is -3.69. The second-order valence-corrected chi connectivity index (χ2v) is 8.89. The summed E-state index contributed by atoms with van der Waals surface area (Å²) in [6.07, 6.45) is 1.09. The van der Waals surface area contributed by atoms with Crippen molar-refractivity contribution in [1.82, 2.24) is 5.32 Å². The molecular weight excluding hydrogens is 376 g/mol. The van der Waals surface area contributed by atoms with Gasteiger partial charge >= 0.3 is 0 Å². The number of hydrogen-bond donors (Lipinski definition) is 1. The van der Waals surface area contributed by atoms with Gasteiger partial charge in [0.2, 0.25) is 15.9 Å². The van der Waals surface area contributed by atoms with Crippen molar-refractivity contribution >= 4 is 21.6 Å². The van der Waals surface area contributed by atoms with Crippen molar-refractivity contribution < 1.29 is 17.9 Å². The van der Waals surface area contributed by atoms with Crippen LogP contribution in [0.3, 0.4) is 0 Å². The first-order chi connectivity index (χ1) is 13.0. The molecule has 2 unspecified atom stereocenters. The fourth-order valence-corrected chi connectivity index (χ4v) is 4.36. The minimum Gasteiger partial charge on any atom is -0.497 e. The first kappa shape index (κ1) is 21.8. The monoisotopic (exact) mass is 404 g/mol. The van der Waals surface area contributed by atoms with Gasteiger partial charge in [-0.3, -0.25) is 9.10 Å². The molecule has 7 heteroatoms. The van der Waals surface area contributed by atoms with Gasteiger partial charge in [0.05, 0.1) is 25.1 Å². The summed E-state index contributed by atoms with van der Waals surface area (Å²) in [4.78, 5) is 12.9. The molecule has 2 atom stereocenters. The van der Waals surface area contributed by atoms with E-state index in [1.807, 2.05) is 39.0 Å². The number of aryl methyl sites for hydroxylation is 2. The Morgan fingerprint density at radius 1 is 1.11 bits per heavy atom. The SMILES string of the molecule is COc1cccc(N(C(C)C(=O)NC(C)c2cc(C)ccc2C)S(C)(=O)=O)c1. The van der Waals surface area contributed by atoms with Gasteiger partial charge in [-0.15, -0.1) is 0 Å². The number of nitrogens with one attached hydrogen (secondary N) is 1. The Morgan fingerprint density at radius 3 is 2.39 bits per heavy atom. The second-order valence-electron chi connectivity index (χ2n) is 7.03. The smallest absolute Gasteiger partial charge is 0.244 e. The minimum absolute atomic E-state index is 0.249. The van der Waals surface area contributed by atoms with Crippen LogP contribution in [0, 0.1) is 13.8 Å². The molecule has 28 heavy (non-hydrogen) atoms. The summed E-state index contributed by atoms with van der Waals surface area (Å²) in [6, 6.07) is 11.5. The lowest BCUT2D eigenvalue weighted by Crippen LogP contribution is -2.48. The summed E-state index contributed by atoms with van der Waals surface area (Å²) < 4.78 is 31.2. The molecule has 0 radical (unpaired) electrons. The van der Waals surface area contributed by atoms with Gasteiger partial charge in [-0.05, 0) is 51.0 Å². The van der Waals surface area contributed by atoms with Gasteiger partial charge in [0, 0.05) is 6.07 Å². The fourth-order valence-electron chi connectivity index (χ4n) is 3.19. The van der Waals surface area contributed by atoms with E-state index in [1.165, 1.54) is 7.11 Å². The quantitative estimate of drug-likeness (QED) is 0.768. The first-order valence-electron chi connectivity index (χ1n) is 9.05. The van der Waals surface area contributed by atoms with Gasteiger partial charge in [0.15, 0.2) is 0 Å². The van der Waals surface area contributed by atoms with Crippen LogP contribution in [0.2, 0.25) is 0 Å². The molecule has 152 valence electrons. The Hall–Kier alpha value is -2.54. The second kappa shape index (κ2) is 8.65. The van der Waals surface area contributed by atoms with Crippen LogP contribution in [-0.2, 0) is 14.8 Å². The van der Waals surface area contributed by atoms with Gasteiger partial charge < -0.3 is 10.1 Å². The summed E-state index contributed by atoms with van der Waals surface area (Å²) in [6.45, 7) is 7.45. The van der Waals surface area contributed by atoms with Gasteiger partial charge in [0.1, 0.15) is 11.8 Å². The van der Waals surface area contributed by atoms with Crippen molar-refractivity contribution in [2.75, 3.05) is 17.7 Å². The van der Waals surface area contributed by atoms with E-state index < -0.39 is 16.1 Å². The number of ether oxygens (including phenoxy) is 1. The number of nitrogens with zero attached hydrogens (tertiary/aromatic N) is 1. The maximum atomic E-state index is 12.9. The highest BCUT2D eigenvalue weighted by molar-refractivity contribution is 7.92. The molecule has 2 aromatic rings. The maximum Gasteiger partial charge on any atom is 0.244 e. The molecule has 0 saturated heterocycles. The summed E-state index contributed by atoms with van der Waals surface area (Å²) >= 11 is 0. The number of anilines is 1. The van der Waals surface area contributed by atoms with Gasteiger partial charge in [-0.25, -0.2) is 8.42 Å². The Labute approximate surface area is 167 Å². The van der Waals surface area contributed by atoms with Crippen LogP contribution in [0.25, 0.3) is 0 Å². The van der Waals surface area contributed by atoms with Gasteiger partial charge in [-0.2, -0.15) is 0 Å². The average molecular weight is 405 g/mol. The van der Waals surface area contributed by atoms with Gasteiger partial charge in [-0.1, -0.05) is 29.8 Å². The molecule has 0 fully saturated rings. The summed E-state index contributed by atoms with van der Waals surface area (Å²) in [7, 11) is -2.18. The van der Waals surface area contributed by atoms with Crippen LogP contribution >= 0.6 is 0 Å². The predicted octanol–water partition coefficient (Wildman–Crippen LogP) is 3.34. The van der Waals surface area contributed by atoms with Crippen LogP contribution in [-0.4, -0.2) is 33.7 Å². The van der Waals surface area contributed by atoms with Crippen LogP contribution in [0.1, 0.15) is 36.6 Å². The Kier molecular flexibility index (Phi) is 6.72. The van der Waals surface area contributed by atoms with Crippen LogP contribution in [0.15, 0.2) is 42.5 Å². The molecule has 1 amide bonds. The fraction of sp³-hybridized carbons (Fsp3) is 0.381. The molecule has 1 N–H and O–H groups in total. The predicted molar refractivity (Wildman–Crippen MR) is 112 cm³/mol. The molecule has 0 spiro atoms. The number of hydrogen-bond acceptors (Lipinski definition) is 4. The lowest BCUT2D eigenvalue weighted by atomic mass is 10.00. The number of amides is 1. The Balaban J connectivity index is 2.30. The molecule has 0 bridgehead atoms. The number of benzene rings is 2. The first-order valence-corrected chi connectivity index (χ1v) is 10.9. The van der Waals surface area contributed by atoms with Crippen molar-refractivity contribution in [2.45, 2.75) is 39.8 Å². The highest BCUT2D eigenvalue weighted by atomic mass is 32.2. The van der Waals surface area contributed by atoms with E-state index in [-0.39, 0.29) is 11.9 Å². The number of sulfonamides is 1. The summed E-state index contributed by atoms with van der Waals surface area (Å²) in [5.74, 6) is 0.143. The van der Waals surface area contributed by atoms with E-state index in [1.54, 1.807) is 31.2 Å². The molecule has 0 saturated carbocycles.